The molecule has 2 N–H and O–H groups in total. The van der Waals surface area contributed by atoms with Crippen molar-refractivity contribution in [1.82, 2.24) is 9.88 Å². The Morgan fingerprint density at radius 3 is 2.48 bits per heavy atom. The van der Waals surface area contributed by atoms with Gasteiger partial charge in [0.05, 0.1) is 6.54 Å². The molecule has 0 aliphatic rings. The van der Waals surface area contributed by atoms with Gasteiger partial charge in [0.15, 0.2) is 0 Å². The number of nitrogens with one attached hydrogen (secondary N) is 1. The first-order valence-corrected chi connectivity index (χ1v) is 7.96. The number of carbonyl (C=O) groups is 1. The van der Waals surface area contributed by atoms with Crippen LogP contribution in [-0.2, 0) is 5.60 Å². The molecule has 3 aromatic rings. The van der Waals surface area contributed by atoms with Crippen LogP contribution in [0.25, 0.3) is 5.69 Å². The molecule has 0 bridgehead atoms. The number of aliphatic hydroxyl groups is 1. The van der Waals surface area contributed by atoms with Crippen molar-refractivity contribution in [3.8, 4) is 5.69 Å². The van der Waals surface area contributed by atoms with E-state index in [0.29, 0.717) is 11.1 Å². The second-order valence-electron chi connectivity index (χ2n) is 6.10. The second-order valence-corrected chi connectivity index (χ2v) is 6.10. The lowest BCUT2D eigenvalue weighted by Crippen LogP contribution is -2.38. The molecule has 3 rings (SSSR count). The van der Waals surface area contributed by atoms with E-state index in [1.54, 1.807) is 19.1 Å². The molecule has 0 saturated heterocycles. The zero-order chi connectivity index (χ0) is 17.9. The summed E-state index contributed by atoms with van der Waals surface area (Å²) >= 11 is 0. The van der Waals surface area contributed by atoms with Crippen LogP contribution in [0.3, 0.4) is 0 Å². The van der Waals surface area contributed by atoms with Gasteiger partial charge in [-0.2, -0.15) is 0 Å². The molecule has 1 unspecified atom stereocenters. The van der Waals surface area contributed by atoms with Crippen LogP contribution >= 0.6 is 0 Å². The minimum absolute atomic E-state index is 0.0191. The Morgan fingerprint density at radius 1 is 1.12 bits per heavy atom. The SMILES string of the molecule is CC(O)(CNC(=O)c1cccc(-n2cccc2)c1)c1ccc(F)cc1. The molecular weight excluding hydrogens is 319 g/mol. The molecular formula is C20H19FN2O2. The number of aromatic nitrogens is 1. The molecule has 25 heavy (non-hydrogen) atoms. The highest BCUT2D eigenvalue weighted by molar-refractivity contribution is 5.94. The summed E-state index contributed by atoms with van der Waals surface area (Å²) in [5.41, 5.74) is 0.626. The molecule has 0 aliphatic carbocycles. The summed E-state index contributed by atoms with van der Waals surface area (Å²) in [7, 11) is 0. The topological polar surface area (TPSA) is 54.3 Å². The van der Waals surface area contributed by atoms with Crippen molar-refractivity contribution in [2.45, 2.75) is 12.5 Å². The summed E-state index contributed by atoms with van der Waals surface area (Å²) in [5, 5.41) is 13.3. The van der Waals surface area contributed by atoms with E-state index in [-0.39, 0.29) is 18.3 Å². The summed E-state index contributed by atoms with van der Waals surface area (Å²) in [4.78, 5) is 12.4. The molecule has 1 atom stereocenters. The van der Waals surface area contributed by atoms with Gasteiger partial charge in [0.25, 0.3) is 5.91 Å². The van der Waals surface area contributed by atoms with Crippen LogP contribution in [0.15, 0.2) is 73.1 Å². The van der Waals surface area contributed by atoms with Crippen LogP contribution in [0.2, 0.25) is 0 Å². The molecule has 0 fully saturated rings. The number of rotatable bonds is 5. The molecule has 0 aliphatic heterocycles. The molecule has 128 valence electrons. The van der Waals surface area contributed by atoms with Crippen LogP contribution in [0.4, 0.5) is 4.39 Å². The predicted octanol–water partition coefficient (Wildman–Crippen LogP) is 3.25. The van der Waals surface area contributed by atoms with Crippen molar-refractivity contribution < 1.29 is 14.3 Å². The quantitative estimate of drug-likeness (QED) is 0.750. The van der Waals surface area contributed by atoms with E-state index in [4.69, 9.17) is 0 Å². The molecule has 4 nitrogen and oxygen atoms in total. The highest BCUT2D eigenvalue weighted by atomic mass is 19.1. The minimum Gasteiger partial charge on any atom is -0.384 e. The minimum atomic E-state index is -1.29. The lowest BCUT2D eigenvalue weighted by atomic mass is 9.96. The van der Waals surface area contributed by atoms with Crippen molar-refractivity contribution in [3.05, 3.63) is 90.0 Å². The molecule has 0 spiro atoms. The third-order valence-corrected chi connectivity index (χ3v) is 4.07. The van der Waals surface area contributed by atoms with E-state index in [9.17, 15) is 14.3 Å². The van der Waals surface area contributed by atoms with Crippen LogP contribution < -0.4 is 5.32 Å². The highest BCUT2D eigenvalue weighted by Gasteiger charge is 2.24. The largest absolute Gasteiger partial charge is 0.384 e. The van der Waals surface area contributed by atoms with Gasteiger partial charge < -0.3 is 15.0 Å². The van der Waals surface area contributed by atoms with Gasteiger partial charge in [-0.3, -0.25) is 4.79 Å². The Balaban J connectivity index is 1.70. The van der Waals surface area contributed by atoms with Gasteiger partial charge in [-0.15, -0.1) is 0 Å². The first-order valence-electron chi connectivity index (χ1n) is 7.96. The second kappa shape index (κ2) is 6.91. The molecule has 2 aromatic carbocycles. The summed E-state index contributed by atoms with van der Waals surface area (Å²) < 4.78 is 14.9. The van der Waals surface area contributed by atoms with E-state index < -0.39 is 5.60 Å². The van der Waals surface area contributed by atoms with Gasteiger partial charge in [0.1, 0.15) is 11.4 Å². The summed E-state index contributed by atoms with van der Waals surface area (Å²) in [6, 6.07) is 16.6. The molecule has 0 radical (unpaired) electrons. The average Bonchev–Trinajstić information content (AvgIpc) is 3.15. The Bertz CT molecular complexity index is 856. The van der Waals surface area contributed by atoms with E-state index in [2.05, 4.69) is 5.32 Å². The third kappa shape index (κ3) is 3.95. The van der Waals surface area contributed by atoms with E-state index in [1.807, 2.05) is 41.2 Å². The van der Waals surface area contributed by atoms with Crippen molar-refractivity contribution in [2.75, 3.05) is 6.54 Å². The van der Waals surface area contributed by atoms with Gasteiger partial charge >= 0.3 is 0 Å². The number of hydrogen-bond donors (Lipinski definition) is 2. The smallest absolute Gasteiger partial charge is 0.251 e. The van der Waals surface area contributed by atoms with Crippen molar-refractivity contribution >= 4 is 5.91 Å². The van der Waals surface area contributed by atoms with Gasteiger partial charge in [-0.05, 0) is 55.0 Å². The highest BCUT2D eigenvalue weighted by Crippen LogP contribution is 2.20. The Kier molecular flexibility index (Phi) is 4.67. The van der Waals surface area contributed by atoms with Crippen LogP contribution in [0.1, 0.15) is 22.8 Å². The Morgan fingerprint density at radius 2 is 1.80 bits per heavy atom. The van der Waals surface area contributed by atoms with Gasteiger partial charge in [0, 0.05) is 23.6 Å². The lowest BCUT2D eigenvalue weighted by molar-refractivity contribution is 0.0526. The average molecular weight is 338 g/mol. The monoisotopic (exact) mass is 338 g/mol. The fraction of sp³-hybridized carbons (Fsp3) is 0.150. The van der Waals surface area contributed by atoms with E-state index in [1.165, 1.54) is 24.3 Å². The van der Waals surface area contributed by atoms with Gasteiger partial charge in [-0.1, -0.05) is 18.2 Å². The van der Waals surface area contributed by atoms with Crippen LogP contribution in [0.5, 0.6) is 0 Å². The van der Waals surface area contributed by atoms with Gasteiger partial charge in [0.2, 0.25) is 0 Å². The van der Waals surface area contributed by atoms with E-state index >= 15 is 0 Å². The van der Waals surface area contributed by atoms with Crippen LogP contribution in [-0.4, -0.2) is 22.1 Å². The summed E-state index contributed by atoms with van der Waals surface area (Å²) in [5.74, 6) is -0.651. The van der Waals surface area contributed by atoms with Crippen LogP contribution in [0, 0.1) is 5.82 Å². The lowest BCUT2D eigenvalue weighted by Gasteiger charge is -2.24. The standard InChI is InChI=1S/C20H19FN2O2/c1-20(25,16-7-9-17(21)10-8-16)14-22-19(24)15-5-4-6-18(13-15)23-11-2-3-12-23/h2-13,25H,14H2,1H3,(H,22,24). The van der Waals surface area contributed by atoms with Gasteiger partial charge in [-0.25, -0.2) is 4.39 Å². The number of amides is 1. The Labute approximate surface area is 145 Å². The first-order chi connectivity index (χ1) is 12.0. The third-order valence-electron chi connectivity index (χ3n) is 4.07. The number of nitrogens with zero attached hydrogens (tertiary/aromatic N) is 1. The molecule has 1 heterocycles. The van der Waals surface area contributed by atoms with E-state index in [0.717, 1.165) is 5.69 Å². The fourth-order valence-electron chi connectivity index (χ4n) is 2.58. The number of halogens is 1. The molecule has 1 aromatic heterocycles. The maximum atomic E-state index is 13.0. The van der Waals surface area contributed by atoms with Crippen molar-refractivity contribution in [1.29, 1.82) is 0 Å². The summed E-state index contributed by atoms with van der Waals surface area (Å²) in [6.07, 6.45) is 3.80. The molecule has 5 heteroatoms. The number of hydrogen-bond acceptors (Lipinski definition) is 2. The zero-order valence-electron chi connectivity index (χ0n) is 13.8. The Hall–Kier alpha value is -2.92. The maximum Gasteiger partial charge on any atom is 0.251 e. The zero-order valence-corrected chi connectivity index (χ0v) is 13.8. The normalized spacial score (nSPS) is 13.2. The fourth-order valence-corrected chi connectivity index (χ4v) is 2.58. The first kappa shape index (κ1) is 16.9. The van der Waals surface area contributed by atoms with Crippen molar-refractivity contribution in [3.63, 3.8) is 0 Å². The molecule has 1 amide bonds. The molecule has 0 saturated carbocycles. The number of benzene rings is 2. The van der Waals surface area contributed by atoms with Crippen molar-refractivity contribution in [2.24, 2.45) is 0 Å². The number of carbonyl (C=O) groups excluding carboxylic acids is 1. The maximum absolute atomic E-state index is 13.0. The predicted molar refractivity (Wildman–Crippen MR) is 94.1 cm³/mol. The summed E-state index contributed by atoms with van der Waals surface area (Å²) in [6.45, 7) is 1.60.